The second-order valence-electron chi connectivity index (χ2n) is 5.56. The molecule has 106 valence electrons. The van der Waals surface area contributed by atoms with Crippen LogP contribution in [0.5, 0.6) is 0 Å². The molecule has 1 aliphatic rings. The van der Waals surface area contributed by atoms with Crippen LogP contribution in [-0.2, 0) is 0 Å². The Bertz CT molecular complexity index is 594. The zero-order chi connectivity index (χ0) is 13.9. The fourth-order valence-corrected chi connectivity index (χ4v) is 3.31. The number of aliphatic hydroxyl groups is 1. The number of aliphatic hydroxyl groups excluding tert-OH is 1. The van der Waals surface area contributed by atoms with Crippen molar-refractivity contribution >= 4 is 32.5 Å². The third-order valence-electron chi connectivity index (χ3n) is 4.17. The first-order valence-corrected chi connectivity index (χ1v) is 7.97. The van der Waals surface area contributed by atoms with Crippen LogP contribution in [0.15, 0.2) is 34.9 Å². The fourth-order valence-electron chi connectivity index (χ4n) is 2.95. The SMILES string of the molecule is OCC1CCC(Nc2ccnc3ccc(Br)cc23)CC1. The highest BCUT2D eigenvalue weighted by Crippen LogP contribution is 2.30. The maximum atomic E-state index is 9.21. The topological polar surface area (TPSA) is 45.1 Å². The zero-order valence-electron chi connectivity index (χ0n) is 11.3. The molecule has 1 saturated carbocycles. The van der Waals surface area contributed by atoms with E-state index in [-0.39, 0.29) is 0 Å². The second kappa shape index (κ2) is 6.10. The molecular formula is C16H19BrN2O. The number of anilines is 1. The lowest BCUT2D eigenvalue weighted by atomic mass is 9.86. The summed E-state index contributed by atoms with van der Waals surface area (Å²) in [6.45, 7) is 0.331. The molecule has 0 unspecified atom stereocenters. The van der Waals surface area contributed by atoms with Gasteiger partial charge in [-0.3, -0.25) is 4.98 Å². The predicted molar refractivity (Wildman–Crippen MR) is 85.9 cm³/mol. The molecule has 0 atom stereocenters. The molecule has 0 spiro atoms. The number of halogens is 1. The summed E-state index contributed by atoms with van der Waals surface area (Å²) in [7, 11) is 0. The van der Waals surface area contributed by atoms with Gasteiger partial charge in [0, 0.05) is 34.4 Å². The molecule has 2 aromatic rings. The second-order valence-corrected chi connectivity index (χ2v) is 6.48. The maximum absolute atomic E-state index is 9.21. The van der Waals surface area contributed by atoms with Crippen molar-refractivity contribution in [2.45, 2.75) is 31.7 Å². The van der Waals surface area contributed by atoms with Gasteiger partial charge in [0.05, 0.1) is 5.52 Å². The van der Waals surface area contributed by atoms with Crippen LogP contribution in [0.4, 0.5) is 5.69 Å². The van der Waals surface area contributed by atoms with E-state index in [0.29, 0.717) is 18.6 Å². The Kier molecular flexibility index (Phi) is 4.22. The van der Waals surface area contributed by atoms with Crippen LogP contribution in [0.3, 0.4) is 0 Å². The average Bonchev–Trinajstić information content (AvgIpc) is 2.49. The smallest absolute Gasteiger partial charge is 0.0723 e. The van der Waals surface area contributed by atoms with Crippen molar-refractivity contribution in [3.05, 3.63) is 34.9 Å². The lowest BCUT2D eigenvalue weighted by Gasteiger charge is -2.29. The van der Waals surface area contributed by atoms with E-state index >= 15 is 0 Å². The number of hydrogen-bond acceptors (Lipinski definition) is 3. The molecule has 1 aliphatic carbocycles. The lowest BCUT2D eigenvalue weighted by molar-refractivity contribution is 0.186. The summed E-state index contributed by atoms with van der Waals surface area (Å²) >= 11 is 3.53. The van der Waals surface area contributed by atoms with Gasteiger partial charge in [-0.25, -0.2) is 0 Å². The first-order chi connectivity index (χ1) is 9.76. The first-order valence-electron chi connectivity index (χ1n) is 7.18. The Morgan fingerprint density at radius 3 is 2.75 bits per heavy atom. The molecule has 0 radical (unpaired) electrons. The van der Waals surface area contributed by atoms with E-state index < -0.39 is 0 Å². The number of aromatic nitrogens is 1. The zero-order valence-corrected chi connectivity index (χ0v) is 12.9. The Morgan fingerprint density at radius 1 is 1.20 bits per heavy atom. The minimum Gasteiger partial charge on any atom is -0.396 e. The molecule has 0 aliphatic heterocycles. The van der Waals surface area contributed by atoms with E-state index in [2.05, 4.69) is 32.3 Å². The van der Waals surface area contributed by atoms with Gasteiger partial charge in [-0.15, -0.1) is 0 Å². The number of nitrogens with one attached hydrogen (secondary N) is 1. The standard InChI is InChI=1S/C16H19BrN2O/c17-12-3-6-15-14(9-12)16(7-8-18-15)19-13-4-1-11(10-20)2-5-13/h3,6-9,11,13,20H,1-2,4-5,10H2,(H,18,19). The van der Waals surface area contributed by atoms with Crippen LogP contribution in [-0.4, -0.2) is 22.7 Å². The summed E-state index contributed by atoms with van der Waals surface area (Å²) in [5.74, 6) is 0.497. The van der Waals surface area contributed by atoms with Crippen LogP contribution in [0.1, 0.15) is 25.7 Å². The predicted octanol–water partition coefficient (Wildman–Crippen LogP) is 3.96. The van der Waals surface area contributed by atoms with E-state index in [9.17, 15) is 5.11 Å². The van der Waals surface area contributed by atoms with E-state index in [4.69, 9.17) is 0 Å². The van der Waals surface area contributed by atoms with E-state index in [1.807, 2.05) is 24.4 Å². The van der Waals surface area contributed by atoms with E-state index in [0.717, 1.165) is 46.7 Å². The van der Waals surface area contributed by atoms with E-state index in [1.54, 1.807) is 0 Å². The van der Waals surface area contributed by atoms with Gasteiger partial charge in [0.25, 0.3) is 0 Å². The molecule has 4 heteroatoms. The largest absolute Gasteiger partial charge is 0.396 e. The number of rotatable bonds is 3. The summed E-state index contributed by atoms with van der Waals surface area (Å²) in [4.78, 5) is 4.41. The normalized spacial score (nSPS) is 22.9. The van der Waals surface area contributed by atoms with Crippen molar-refractivity contribution in [2.24, 2.45) is 5.92 Å². The highest BCUT2D eigenvalue weighted by atomic mass is 79.9. The van der Waals surface area contributed by atoms with Crippen molar-refractivity contribution in [3.63, 3.8) is 0 Å². The van der Waals surface area contributed by atoms with Crippen LogP contribution < -0.4 is 5.32 Å². The Hall–Kier alpha value is -1.13. The Morgan fingerprint density at radius 2 is 2.00 bits per heavy atom. The van der Waals surface area contributed by atoms with Gasteiger partial charge >= 0.3 is 0 Å². The molecule has 3 rings (SSSR count). The van der Waals surface area contributed by atoms with Gasteiger partial charge in [-0.2, -0.15) is 0 Å². The molecule has 2 N–H and O–H groups in total. The molecule has 1 aromatic heterocycles. The first kappa shape index (κ1) is 13.8. The number of pyridine rings is 1. The molecule has 0 amide bonds. The van der Waals surface area contributed by atoms with Crippen molar-refractivity contribution in [2.75, 3.05) is 11.9 Å². The van der Waals surface area contributed by atoms with Gasteiger partial charge in [0.2, 0.25) is 0 Å². The molecule has 1 aromatic carbocycles. The molecule has 20 heavy (non-hydrogen) atoms. The minimum atomic E-state index is 0.331. The van der Waals surface area contributed by atoms with Crippen molar-refractivity contribution in [1.29, 1.82) is 0 Å². The van der Waals surface area contributed by atoms with Crippen LogP contribution in [0, 0.1) is 5.92 Å². The quantitative estimate of drug-likeness (QED) is 0.892. The fraction of sp³-hybridized carbons (Fsp3) is 0.438. The molecule has 0 bridgehead atoms. The maximum Gasteiger partial charge on any atom is 0.0723 e. The summed E-state index contributed by atoms with van der Waals surface area (Å²) in [6, 6.07) is 8.72. The van der Waals surface area contributed by atoms with E-state index in [1.165, 1.54) is 0 Å². The Balaban J connectivity index is 1.79. The third-order valence-corrected chi connectivity index (χ3v) is 4.66. The average molecular weight is 335 g/mol. The number of hydrogen-bond donors (Lipinski definition) is 2. The summed E-state index contributed by atoms with van der Waals surface area (Å²) in [5.41, 5.74) is 2.17. The number of benzene rings is 1. The highest BCUT2D eigenvalue weighted by Gasteiger charge is 2.20. The van der Waals surface area contributed by atoms with Gasteiger partial charge in [0.15, 0.2) is 0 Å². The van der Waals surface area contributed by atoms with Crippen LogP contribution >= 0.6 is 15.9 Å². The summed E-state index contributed by atoms with van der Waals surface area (Å²) < 4.78 is 1.07. The monoisotopic (exact) mass is 334 g/mol. The lowest BCUT2D eigenvalue weighted by Crippen LogP contribution is -2.27. The van der Waals surface area contributed by atoms with Gasteiger partial charge in [0.1, 0.15) is 0 Å². The van der Waals surface area contributed by atoms with Gasteiger partial charge in [-0.05, 0) is 55.9 Å². The molecule has 1 heterocycles. The molecular weight excluding hydrogens is 316 g/mol. The van der Waals surface area contributed by atoms with Crippen molar-refractivity contribution in [3.8, 4) is 0 Å². The van der Waals surface area contributed by atoms with Crippen molar-refractivity contribution in [1.82, 2.24) is 4.98 Å². The highest BCUT2D eigenvalue weighted by molar-refractivity contribution is 9.10. The van der Waals surface area contributed by atoms with Crippen LogP contribution in [0.2, 0.25) is 0 Å². The number of fused-ring (bicyclic) bond motifs is 1. The molecule has 1 fully saturated rings. The summed E-state index contributed by atoms with van der Waals surface area (Å²) in [6.07, 6.45) is 6.34. The minimum absolute atomic E-state index is 0.331. The van der Waals surface area contributed by atoms with Gasteiger partial charge in [-0.1, -0.05) is 15.9 Å². The molecule has 3 nitrogen and oxygen atoms in total. The summed E-state index contributed by atoms with van der Waals surface area (Å²) in [5, 5.41) is 14.0. The Labute approximate surface area is 127 Å². The molecule has 0 saturated heterocycles. The van der Waals surface area contributed by atoms with Crippen LogP contribution in [0.25, 0.3) is 10.9 Å². The van der Waals surface area contributed by atoms with Crippen molar-refractivity contribution < 1.29 is 5.11 Å². The third kappa shape index (κ3) is 2.96. The number of nitrogens with zero attached hydrogens (tertiary/aromatic N) is 1. The van der Waals surface area contributed by atoms with Gasteiger partial charge < -0.3 is 10.4 Å².